The van der Waals surface area contributed by atoms with Gasteiger partial charge in [0, 0.05) is 32.4 Å². The number of para-hydroxylation sites is 2. The molecule has 2 aliphatic rings. The second-order valence-corrected chi connectivity index (χ2v) is 7.57. The molecule has 0 aliphatic carbocycles. The standard InChI is InChI=1S/C18H23N5O3.C2HF3O2/c19-9-14-11-23(21-20-14)10-13-5-7-22(8-6-13)18(24)17-12-25-15-3-1-2-4-16(15)26-17;3-2(4,5)1(6)7/h1-4,11,13,17H,5-10,12,19H2;(H,6,7). The van der Waals surface area contributed by atoms with E-state index < -0.39 is 18.2 Å². The number of nitrogens with zero attached hydrogens (tertiary/aromatic N) is 4. The normalized spacial score (nSPS) is 18.3. The number of ether oxygens (including phenoxy) is 2. The van der Waals surface area contributed by atoms with Gasteiger partial charge in [0.15, 0.2) is 11.5 Å². The van der Waals surface area contributed by atoms with Gasteiger partial charge in [-0.05, 0) is 30.9 Å². The first-order valence-electron chi connectivity index (χ1n) is 10.2. The van der Waals surface area contributed by atoms with Gasteiger partial charge in [-0.25, -0.2) is 4.79 Å². The number of fused-ring (bicyclic) bond motifs is 1. The van der Waals surface area contributed by atoms with Crippen LogP contribution in [0.5, 0.6) is 11.5 Å². The SMILES string of the molecule is NCc1cn(CC2CCN(C(=O)C3COc4ccccc4O3)CC2)nn1.O=C(O)C(F)(F)F. The molecular weight excluding hydrogens is 447 g/mol. The van der Waals surface area contributed by atoms with Crippen LogP contribution in [0.1, 0.15) is 18.5 Å². The van der Waals surface area contributed by atoms with E-state index in [0.29, 0.717) is 24.0 Å². The van der Waals surface area contributed by atoms with Gasteiger partial charge < -0.3 is 25.2 Å². The summed E-state index contributed by atoms with van der Waals surface area (Å²) in [4.78, 5) is 23.5. The lowest BCUT2D eigenvalue weighted by Crippen LogP contribution is -2.49. The fraction of sp³-hybridized carbons (Fsp3) is 0.500. The van der Waals surface area contributed by atoms with Crippen LogP contribution in [-0.2, 0) is 22.7 Å². The zero-order valence-corrected chi connectivity index (χ0v) is 17.6. The number of hydrogen-bond acceptors (Lipinski definition) is 7. The van der Waals surface area contributed by atoms with E-state index in [1.165, 1.54) is 0 Å². The minimum atomic E-state index is -5.08. The third-order valence-electron chi connectivity index (χ3n) is 5.19. The summed E-state index contributed by atoms with van der Waals surface area (Å²) in [6, 6.07) is 7.44. The fourth-order valence-corrected chi connectivity index (χ4v) is 3.47. The molecule has 3 N–H and O–H groups in total. The van der Waals surface area contributed by atoms with Crippen molar-refractivity contribution in [2.75, 3.05) is 19.7 Å². The van der Waals surface area contributed by atoms with E-state index >= 15 is 0 Å². The highest BCUT2D eigenvalue weighted by Gasteiger charge is 2.38. The molecule has 180 valence electrons. The zero-order valence-electron chi connectivity index (χ0n) is 17.6. The van der Waals surface area contributed by atoms with E-state index in [-0.39, 0.29) is 12.5 Å². The number of piperidine rings is 1. The fourth-order valence-electron chi connectivity index (χ4n) is 3.47. The van der Waals surface area contributed by atoms with Crippen LogP contribution in [0.25, 0.3) is 0 Å². The van der Waals surface area contributed by atoms with Crippen LogP contribution in [0.3, 0.4) is 0 Å². The van der Waals surface area contributed by atoms with Crippen LogP contribution in [0.4, 0.5) is 13.2 Å². The van der Waals surface area contributed by atoms with Gasteiger partial charge in [0.2, 0.25) is 6.10 Å². The lowest BCUT2D eigenvalue weighted by atomic mass is 9.96. The van der Waals surface area contributed by atoms with Crippen molar-refractivity contribution in [1.29, 1.82) is 0 Å². The number of halogens is 3. The van der Waals surface area contributed by atoms with Crippen molar-refractivity contribution in [2.45, 2.75) is 38.2 Å². The molecule has 4 rings (SSSR count). The summed E-state index contributed by atoms with van der Waals surface area (Å²) in [6.45, 7) is 2.93. The van der Waals surface area contributed by atoms with Crippen LogP contribution in [-0.4, -0.2) is 68.9 Å². The van der Waals surface area contributed by atoms with Gasteiger partial charge in [-0.3, -0.25) is 9.48 Å². The van der Waals surface area contributed by atoms with Gasteiger partial charge >= 0.3 is 12.1 Å². The molecule has 1 unspecified atom stereocenters. The Kier molecular flexibility index (Phi) is 7.74. The Labute approximate surface area is 187 Å². The Hall–Kier alpha value is -3.35. The lowest BCUT2D eigenvalue weighted by Gasteiger charge is -2.35. The van der Waals surface area contributed by atoms with E-state index in [2.05, 4.69) is 10.3 Å². The van der Waals surface area contributed by atoms with E-state index in [4.69, 9.17) is 25.1 Å². The maximum Gasteiger partial charge on any atom is 0.490 e. The zero-order chi connectivity index (χ0) is 24.0. The summed E-state index contributed by atoms with van der Waals surface area (Å²) in [5.41, 5.74) is 6.36. The Bertz CT molecular complexity index is 960. The maximum absolute atomic E-state index is 12.7. The van der Waals surface area contributed by atoms with Gasteiger partial charge in [0.1, 0.15) is 6.61 Å². The Morgan fingerprint density at radius 1 is 1.18 bits per heavy atom. The van der Waals surface area contributed by atoms with Gasteiger partial charge in [-0.2, -0.15) is 13.2 Å². The number of carboxylic acids is 1. The number of aromatic nitrogens is 3. The quantitative estimate of drug-likeness (QED) is 0.685. The molecule has 0 saturated carbocycles. The summed E-state index contributed by atoms with van der Waals surface area (Å²) < 4.78 is 45.1. The van der Waals surface area contributed by atoms with Crippen molar-refractivity contribution in [2.24, 2.45) is 11.7 Å². The van der Waals surface area contributed by atoms with E-state index in [9.17, 15) is 18.0 Å². The average Bonchev–Trinajstić information content (AvgIpc) is 3.26. The Balaban J connectivity index is 0.000000383. The van der Waals surface area contributed by atoms with E-state index in [1.807, 2.05) is 40.0 Å². The first kappa shape index (κ1) is 24.3. The molecule has 33 heavy (non-hydrogen) atoms. The predicted octanol–water partition coefficient (Wildman–Crippen LogP) is 1.45. The lowest BCUT2D eigenvalue weighted by molar-refractivity contribution is -0.192. The maximum atomic E-state index is 12.7. The van der Waals surface area contributed by atoms with Crippen molar-refractivity contribution >= 4 is 11.9 Å². The van der Waals surface area contributed by atoms with E-state index in [1.54, 1.807) is 0 Å². The number of aliphatic carboxylic acids is 1. The van der Waals surface area contributed by atoms with Gasteiger partial charge in [-0.1, -0.05) is 17.3 Å². The Morgan fingerprint density at radius 2 is 1.82 bits per heavy atom. The van der Waals surface area contributed by atoms with Crippen molar-refractivity contribution in [1.82, 2.24) is 19.9 Å². The molecule has 10 nitrogen and oxygen atoms in total. The number of benzene rings is 1. The van der Waals surface area contributed by atoms with Crippen LogP contribution in [0.15, 0.2) is 30.5 Å². The first-order chi connectivity index (χ1) is 15.7. The van der Waals surface area contributed by atoms with E-state index in [0.717, 1.165) is 38.2 Å². The average molecular weight is 471 g/mol. The topological polar surface area (TPSA) is 133 Å². The summed E-state index contributed by atoms with van der Waals surface area (Å²) in [7, 11) is 0. The second-order valence-electron chi connectivity index (χ2n) is 7.57. The number of hydrogen-bond donors (Lipinski definition) is 2. The number of rotatable bonds is 4. The molecule has 0 spiro atoms. The molecule has 2 aromatic rings. The third kappa shape index (κ3) is 6.57. The van der Waals surface area contributed by atoms with Crippen LogP contribution >= 0.6 is 0 Å². The molecule has 0 radical (unpaired) electrons. The number of likely N-dealkylation sites (tertiary alicyclic amines) is 1. The molecule has 1 saturated heterocycles. The molecule has 1 aromatic carbocycles. The minimum absolute atomic E-state index is 0.00382. The second kappa shape index (κ2) is 10.5. The highest BCUT2D eigenvalue weighted by Crippen LogP contribution is 2.31. The Morgan fingerprint density at radius 3 is 2.39 bits per heavy atom. The van der Waals surface area contributed by atoms with Crippen molar-refractivity contribution < 1.29 is 37.3 Å². The highest BCUT2D eigenvalue weighted by atomic mass is 19.4. The van der Waals surface area contributed by atoms with Gasteiger partial charge in [-0.15, -0.1) is 5.10 Å². The number of nitrogens with two attached hydrogens (primary N) is 1. The number of carbonyl (C=O) groups excluding carboxylic acids is 1. The molecule has 1 amide bonds. The van der Waals surface area contributed by atoms with Crippen molar-refractivity contribution in [3.05, 3.63) is 36.2 Å². The highest BCUT2D eigenvalue weighted by molar-refractivity contribution is 5.82. The number of amides is 1. The molecule has 3 heterocycles. The summed E-state index contributed by atoms with van der Waals surface area (Å²) in [6.07, 6.45) is -1.88. The van der Waals surface area contributed by atoms with Crippen LogP contribution < -0.4 is 15.2 Å². The number of carbonyl (C=O) groups is 2. The molecule has 1 fully saturated rings. The molecular formula is C20H24F3N5O5. The molecule has 1 aromatic heterocycles. The van der Waals surface area contributed by atoms with Crippen LogP contribution in [0.2, 0.25) is 0 Å². The minimum Gasteiger partial charge on any atom is -0.485 e. The number of carboxylic acid groups (broad SMARTS) is 1. The summed E-state index contributed by atoms with van der Waals surface area (Å²) >= 11 is 0. The molecule has 1 atom stereocenters. The molecule has 0 bridgehead atoms. The monoisotopic (exact) mass is 471 g/mol. The number of alkyl halides is 3. The van der Waals surface area contributed by atoms with Crippen molar-refractivity contribution in [3.8, 4) is 11.5 Å². The first-order valence-corrected chi connectivity index (χ1v) is 10.2. The van der Waals surface area contributed by atoms with Crippen molar-refractivity contribution in [3.63, 3.8) is 0 Å². The van der Waals surface area contributed by atoms with Gasteiger partial charge in [0.05, 0.1) is 5.69 Å². The van der Waals surface area contributed by atoms with Crippen LogP contribution in [0, 0.1) is 5.92 Å². The molecule has 2 aliphatic heterocycles. The predicted molar refractivity (Wildman–Crippen MR) is 107 cm³/mol. The largest absolute Gasteiger partial charge is 0.490 e. The summed E-state index contributed by atoms with van der Waals surface area (Å²) in [5.74, 6) is -0.943. The smallest absolute Gasteiger partial charge is 0.485 e. The molecule has 13 heteroatoms. The van der Waals surface area contributed by atoms with Gasteiger partial charge in [0.25, 0.3) is 5.91 Å². The summed E-state index contributed by atoms with van der Waals surface area (Å²) in [5, 5.41) is 15.2. The third-order valence-corrected chi connectivity index (χ3v) is 5.19.